The average molecular weight is 323 g/mol. The van der Waals surface area contributed by atoms with Crippen molar-refractivity contribution in [1.82, 2.24) is 9.80 Å². The van der Waals surface area contributed by atoms with Crippen LogP contribution >= 0.6 is 0 Å². The third-order valence-electron chi connectivity index (χ3n) is 5.09. The molecule has 1 atom stereocenters. The molecule has 1 unspecified atom stereocenters. The second-order valence-electron chi connectivity index (χ2n) is 7.53. The first-order valence-electron chi connectivity index (χ1n) is 10.4. The number of rotatable bonds is 14. The molecular formula is C21H42N2. The summed E-state index contributed by atoms with van der Waals surface area (Å²) in [7, 11) is 0. The van der Waals surface area contributed by atoms with Gasteiger partial charge in [0, 0.05) is 25.0 Å². The van der Waals surface area contributed by atoms with E-state index in [1.54, 1.807) is 0 Å². The van der Waals surface area contributed by atoms with Crippen molar-refractivity contribution in [3.05, 3.63) is 12.4 Å². The summed E-state index contributed by atoms with van der Waals surface area (Å²) in [5.74, 6) is 0. The summed E-state index contributed by atoms with van der Waals surface area (Å²) < 4.78 is 0. The molecule has 0 saturated carbocycles. The van der Waals surface area contributed by atoms with E-state index in [-0.39, 0.29) is 0 Å². The largest absolute Gasteiger partial charge is 0.356 e. The molecule has 0 radical (unpaired) electrons. The van der Waals surface area contributed by atoms with Gasteiger partial charge < -0.3 is 9.80 Å². The van der Waals surface area contributed by atoms with Crippen LogP contribution in [0.15, 0.2) is 12.4 Å². The van der Waals surface area contributed by atoms with E-state index in [0.717, 1.165) is 0 Å². The standard InChI is InChI=1S/C21H42N2/c1-5-7-9-10-11-12-13-14-15-16-21-22(17-8-6-2)18-19-23(21)20(3)4/h18-21H,5-17H2,1-4H3. The predicted octanol–water partition coefficient (Wildman–Crippen LogP) is 6.53. The minimum absolute atomic E-state index is 0.612. The maximum Gasteiger partial charge on any atom is 0.101 e. The van der Waals surface area contributed by atoms with Gasteiger partial charge in [-0.05, 0) is 33.1 Å². The lowest BCUT2D eigenvalue weighted by Crippen LogP contribution is -2.42. The molecule has 0 fully saturated rings. The van der Waals surface area contributed by atoms with Crippen LogP contribution in [0.3, 0.4) is 0 Å². The van der Waals surface area contributed by atoms with Crippen molar-refractivity contribution in [1.29, 1.82) is 0 Å². The monoisotopic (exact) mass is 322 g/mol. The van der Waals surface area contributed by atoms with E-state index >= 15 is 0 Å². The minimum atomic E-state index is 0.612. The molecule has 136 valence electrons. The van der Waals surface area contributed by atoms with Gasteiger partial charge in [-0.3, -0.25) is 0 Å². The molecule has 23 heavy (non-hydrogen) atoms. The number of unbranched alkanes of at least 4 members (excludes halogenated alkanes) is 9. The topological polar surface area (TPSA) is 6.48 Å². The molecule has 0 aliphatic carbocycles. The maximum absolute atomic E-state index is 2.58. The van der Waals surface area contributed by atoms with Crippen molar-refractivity contribution in [3.8, 4) is 0 Å². The van der Waals surface area contributed by atoms with E-state index in [9.17, 15) is 0 Å². The van der Waals surface area contributed by atoms with E-state index < -0.39 is 0 Å². The highest BCUT2D eigenvalue weighted by Gasteiger charge is 2.26. The predicted molar refractivity (Wildman–Crippen MR) is 103 cm³/mol. The van der Waals surface area contributed by atoms with Crippen LogP contribution in [0.2, 0.25) is 0 Å². The summed E-state index contributed by atoms with van der Waals surface area (Å²) in [5, 5.41) is 0. The van der Waals surface area contributed by atoms with Gasteiger partial charge in [0.2, 0.25) is 0 Å². The molecule has 2 heteroatoms. The molecule has 0 aromatic carbocycles. The summed E-state index contributed by atoms with van der Waals surface area (Å²) in [6, 6.07) is 0.612. The molecule has 0 amide bonds. The van der Waals surface area contributed by atoms with E-state index in [0.29, 0.717) is 12.2 Å². The minimum Gasteiger partial charge on any atom is -0.356 e. The zero-order chi connectivity index (χ0) is 16.9. The summed E-state index contributed by atoms with van der Waals surface area (Å²) in [5.41, 5.74) is 0. The van der Waals surface area contributed by atoms with Crippen LogP contribution < -0.4 is 0 Å². The van der Waals surface area contributed by atoms with E-state index in [4.69, 9.17) is 0 Å². The quantitative estimate of drug-likeness (QED) is 0.335. The Kier molecular flexibility index (Phi) is 11.3. The molecule has 0 saturated heterocycles. The van der Waals surface area contributed by atoms with Gasteiger partial charge in [0.05, 0.1) is 0 Å². The van der Waals surface area contributed by atoms with Crippen LogP contribution in [0.25, 0.3) is 0 Å². The van der Waals surface area contributed by atoms with Crippen LogP contribution in [-0.4, -0.2) is 28.6 Å². The average Bonchev–Trinajstić information content (AvgIpc) is 2.94. The fraction of sp³-hybridized carbons (Fsp3) is 0.905. The van der Waals surface area contributed by atoms with Gasteiger partial charge in [-0.1, -0.05) is 71.6 Å². The molecule has 1 heterocycles. The number of hydrogen-bond donors (Lipinski definition) is 0. The highest BCUT2D eigenvalue weighted by molar-refractivity contribution is 4.98. The van der Waals surface area contributed by atoms with Gasteiger partial charge in [-0.15, -0.1) is 0 Å². The fourth-order valence-corrected chi connectivity index (χ4v) is 3.57. The smallest absolute Gasteiger partial charge is 0.101 e. The van der Waals surface area contributed by atoms with Gasteiger partial charge in [-0.25, -0.2) is 0 Å². The van der Waals surface area contributed by atoms with Gasteiger partial charge in [-0.2, -0.15) is 0 Å². The van der Waals surface area contributed by atoms with Crippen LogP contribution in [0, 0.1) is 0 Å². The lowest BCUT2D eigenvalue weighted by molar-refractivity contribution is 0.114. The molecule has 0 spiro atoms. The molecule has 0 aromatic heterocycles. The summed E-state index contributed by atoms with van der Waals surface area (Å²) in [6.07, 6.45) is 22.0. The Morgan fingerprint density at radius 1 is 0.739 bits per heavy atom. The molecule has 1 aliphatic heterocycles. The van der Waals surface area contributed by atoms with Gasteiger partial charge in [0.25, 0.3) is 0 Å². The Bertz CT molecular complexity index is 298. The Morgan fingerprint density at radius 3 is 1.87 bits per heavy atom. The van der Waals surface area contributed by atoms with E-state index in [2.05, 4.69) is 49.9 Å². The van der Waals surface area contributed by atoms with Gasteiger partial charge in [0.15, 0.2) is 0 Å². The highest BCUT2D eigenvalue weighted by Crippen LogP contribution is 2.24. The SMILES string of the molecule is CCCCCCCCCCCC1N(CCCC)C=CN1C(C)C. The van der Waals surface area contributed by atoms with Crippen LogP contribution in [0.5, 0.6) is 0 Å². The van der Waals surface area contributed by atoms with E-state index in [1.807, 2.05) is 0 Å². The first-order chi connectivity index (χ1) is 11.2. The first-order valence-corrected chi connectivity index (χ1v) is 10.4. The number of nitrogens with zero attached hydrogens (tertiary/aromatic N) is 2. The lowest BCUT2D eigenvalue weighted by atomic mass is 10.1. The van der Waals surface area contributed by atoms with Crippen LogP contribution in [-0.2, 0) is 0 Å². The third kappa shape index (κ3) is 8.13. The molecule has 2 nitrogen and oxygen atoms in total. The van der Waals surface area contributed by atoms with Crippen molar-refractivity contribution in [2.75, 3.05) is 6.54 Å². The van der Waals surface area contributed by atoms with Crippen molar-refractivity contribution in [2.45, 2.75) is 117 Å². The zero-order valence-electron chi connectivity index (χ0n) is 16.4. The summed E-state index contributed by atoms with van der Waals surface area (Å²) >= 11 is 0. The Labute approximate surface area is 146 Å². The third-order valence-corrected chi connectivity index (χ3v) is 5.09. The lowest BCUT2D eigenvalue weighted by Gasteiger charge is -2.35. The van der Waals surface area contributed by atoms with Crippen molar-refractivity contribution in [2.24, 2.45) is 0 Å². The normalized spacial score (nSPS) is 17.7. The molecule has 0 aromatic rings. The first kappa shape index (κ1) is 20.4. The van der Waals surface area contributed by atoms with Crippen molar-refractivity contribution in [3.63, 3.8) is 0 Å². The summed E-state index contributed by atoms with van der Waals surface area (Å²) in [6.45, 7) is 10.4. The van der Waals surface area contributed by atoms with Gasteiger partial charge >= 0.3 is 0 Å². The van der Waals surface area contributed by atoms with Crippen molar-refractivity contribution < 1.29 is 0 Å². The van der Waals surface area contributed by atoms with Crippen LogP contribution in [0.4, 0.5) is 0 Å². The van der Waals surface area contributed by atoms with Crippen LogP contribution in [0.1, 0.15) is 105 Å². The van der Waals surface area contributed by atoms with E-state index in [1.165, 1.54) is 83.6 Å². The Balaban J connectivity index is 2.16. The van der Waals surface area contributed by atoms with Crippen molar-refractivity contribution >= 4 is 0 Å². The molecule has 1 rings (SSSR count). The van der Waals surface area contributed by atoms with Gasteiger partial charge in [0.1, 0.15) is 6.17 Å². The highest BCUT2D eigenvalue weighted by atomic mass is 15.4. The molecule has 0 bridgehead atoms. The molecule has 0 N–H and O–H groups in total. The summed E-state index contributed by atoms with van der Waals surface area (Å²) in [4.78, 5) is 5.13. The Morgan fingerprint density at radius 2 is 1.30 bits per heavy atom. The second kappa shape index (κ2) is 12.7. The molecular weight excluding hydrogens is 280 g/mol. The molecule has 1 aliphatic rings. The zero-order valence-corrected chi connectivity index (χ0v) is 16.4. The fourth-order valence-electron chi connectivity index (χ4n) is 3.57. The Hall–Kier alpha value is -0.660. The second-order valence-corrected chi connectivity index (χ2v) is 7.53. The maximum atomic E-state index is 2.58. The number of hydrogen-bond acceptors (Lipinski definition) is 2.